The monoisotopic (exact) mass is 410 g/mol. The second-order valence-corrected chi connectivity index (χ2v) is 7.17. The molecule has 0 bridgehead atoms. The molecule has 1 aromatic heterocycles. The number of hydrogen-bond acceptors (Lipinski definition) is 3. The zero-order valence-electron chi connectivity index (χ0n) is 17.1. The van der Waals surface area contributed by atoms with Crippen LogP contribution < -0.4 is 10.7 Å². The average Bonchev–Trinajstić information content (AvgIpc) is 3.12. The molecule has 31 heavy (non-hydrogen) atoms. The van der Waals surface area contributed by atoms with Gasteiger partial charge in [0.2, 0.25) is 5.91 Å². The molecule has 0 atom stereocenters. The van der Waals surface area contributed by atoms with Crippen molar-refractivity contribution < 1.29 is 9.59 Å². The number of anilines is 1. The van der Waals surface area contributed by atoms with Crippen LogP contribution in [0.1, 0.15) is 28.4 Å². The first-order chi connectivity index (χ1) is 15.1. The largest absolute Gasteiger partial charge is 0.342 e. The van der Waals surface area contributed by atoms with Crippen molar-refractivity contribution in [2.24, 2.45) is 5.10 Å². The minimum atomic E-state index is -0.321. The molecule has 4 rings (SSSR count). The summed E-state index contributed by atoms with van der Waals surface area (Å²) in [6.07, 6.45) is 3.70. The molecule has 0 aliphatic heterocycles. The first-order valence-corrected chi connectivity index (χ1v) is 9.93. The summed E-state index contributed by atoms with van der Waals surface area (Å²) in [5.41, 5.74) is 6.90. The number of carbonyl (C=O) groups excluding carboxylic acids is 2. The number of amides is 2. The summed E-state index contributed by atoms with van der Waals surface area (Å²) in [7, 11) is 0. The lowest BCUT2D eigenvalue weighted by Gasteiger charge is -2.05. The Bertz CT molecular complexity index is 1240. The van der Waals surface area contributed by atoms with Crippen molar-refractivity contribution in [1.29, 1.82) is 0 Å². The fraction of sp³-hybridized carbons (Fsp3) is 0.0800. The highest BCUT2D eigenvalue weighted by molar-refractivity contribution is 6.00. The number of hydrogen-bond donors (Lipinski definition) is 2. The lowest BCUT2D eigenvalue weighted by atomic mass is 10.2. The van der Waals surface area contributed by atoms with Crippen LogP contribution in [0.5, 0.6) is 0 Å². The highest BCUT2D eigenvalue weighted by atomic mass is 16.2. The van der Waals surface area contributed by atoms with Crippen molar-refractivity contribution in [2.45, 2.75) is 13.5 Å². The highest BCUT2D eigenvalue weighted by Crippen LogP contribution is 2.21. The summed E-state index contributed by atoms with van der Waals surface area (Å²) in [6.45, 7) is 2.19. The number of hydrazone groups is 1. The normalized spacial score (nSPS) is 11.0. The predicted molar refractivity (Wildman–Crippen MR) is 123 cm³/mol. The zero-order valence-corrected chi connectivity index (χ0v) is 17.1. The zero-order chi connectivity index (χ0) is 21.6. The minimum Gasteiger partial charge on any atom is -0.342 e. The van der Waals surface area contributed by atoms with Crippen LogP contribution in [0.3, 0.4) is 0 Å². The van der Waals surface area contributed by atoms with Gasteiger partial charge >= 0.3 is 0 Å². The van der Waals surface area contributed by atoms with E-state index >= 15 is 0 Å². The van der Waals surface area contributed by atoms with Gasteiger partial charge in [0.25, 0.3) is 5.91 Å². The number of rotatable bonds is 6. The van der Waals surface area contributed by atoms with E-state index < -0.39 is 0 Å². The number of carbonyl (C=O) groups is 2. The van der Waals surface area contributed by atoms with Crippen LogP contribution in [-0.2, 0) is 11.3 Å². The van der Waals surface area contributed by atoms with Gasteiger partial charge in [0, 0.05) is 47.4 Å². The first-order valence-electron chi connectivity index (χ1n) is 9.93. The van der Waals surface area contributed by atoms with Crippen LogP contribution in [-0.4, -0.2) is 22.6 Å². The van der Waals surface area contributed by atoms with E-state index in [1.54, 1.807) is 30.5 Å². The van der Waals surface area contributed by atoms with Gasteiger partial charge in [0.05, 0.1) is 6.21 Å². The van der Waals surface area contributed by atoms with Gasteiger partial charge in [-0.2, -0.15) is 5.10 Å². The highest BCUT2D eigenvalue weighted by Gasteiger charge is 2.08. The van der Waals surface area contributed by atoms with Gasteiger partial charge in [0.15, 0.2) is 0 Å². The van der Waals surface area contributed by atoms with E-state index in [9.17, 15) is 9.59 Å². The van der Waals surface area contributed by atoms with Gasteiger partial charge in [-0.3, -0.25) is 9.59 Å². The second-order valence-electron chi connectivity index (χ2n) is 7.17. The fourth-order valence-electron chi connectivity index (χ4n) is 3.42. The molecule has 4 aromatic rings. The number of para-hydroxylation sites is 1. The van der Waals surface area contributed by atoms with E-state index in [4.69, 9.17) is 0 Å². The van der Waals surface area contributed by atoms with Crippen LogP contribution in [0.4, 0.5) is 5.69 Å². The lowest BCUT2D eigenvalue weighted by molar-refractivity contribution is -0.114. The molecular weight excluding hydrogens is 388 g/mol. The molecule has 0 saturated carbocycles. The molecule has 0 unspecified atom stereocenters. The van der Waals surface area contributed by atoms with Crippen LogP contribution in [0.2, 0.25) is 0 Å². The van der Waals surface area contributed by atoms with Crippen LogP contribution in [0.25, 0.3) is 10.9 Å². The van der Waals surface area contributed by atoms with Crippen LogP contribution in [0, 0.1) is 0 Å². The Morgan fingerprint density at radius 2 is 1.65 bits per heavy atom. The van der Waals surface area contributed by atoms with E-state index in [1.165, 1.54) is 12.5 Å². The predicted octanol–water partition coefficient (Wildman–Crippen LogP) is 4.41. The van der Waals surface area contributed by atoms with E-state index in [0.717, 1.165) is 23.0 Å². The molecular formula is C25H22N4O2. The van der Waals surface area contributed by atoms with Crippen LogP contribution in [0.15, 0.2) is 90.2 Å². The molecule has 0 aliphatic carbocycles. The lowest BCUT2D eigenvalue weighted by Crippen LogP contribution is -2.17. The van der Waals surface area contributed by atoms with Crippen molar-refractivity contribution in [1.82, 2.24) is 9.99 Å². The average molecular weight is 410 g/mol. The second kappa shape index (κ2) is 9.09. The Labute approximate surface area is 180 Å². The Balaban J connectivity index is 1.49. The molecule has 6 heteroatoms. The third-order valence-corrected chi connectivity index (χ3v) is 4.85. The maximum atomic E-state index is 12.4. The smallest absolute Gasteiger partial charge is 0.271 e. The molecule has 2 amide bonds. The van der Waals surface area contributed by atoms with Gasteiger partial charge in [0.1, 0.15) is 0 Å². The van der Waals surface area contributed by atoms with E-state index in [2.05, 4.69) is 38.6 Å². The van der Waals surface area contributed by atoms with E-state index in [-0.39, 0.29) is 11.8 Å². The van der Waals surface area contributed by atoms with Crippen molar-refractivity contribution in [3.63, 3.8) is 0 Å². The summed E-state index contributed by atoms with van der Waals surface area (Å²) in [5.74, 6) is -0.480. The summed E-state index contributed by atoms with van der Waals surface area (Å²) in [5, 5.41) is 7.89. The Hall–Kier alpha value is -4.19. The first kappa shape index (κ1) is 20.1. The van der Waals surface area contributed by atoms with Crippen molar-refractivity contribution in [2.75, 3.05) is 5.32 Å². The number of benzene rings is 3. The van der Waals surface area contributed by atoms with Gasteiger partial charge in [-0.05, 0) is 35.9 Å². The van der Waals surface area contributed by atoms with Gasteiger partial charge < -0.3 is 9.88 Å². The molecule has 0 radical (unpaired) electrons. The van der Waals surface area contributed by atoms with Crippen molar-refractivity contribution in [3.05, 3.63) is 102 Å². The maximum Gasteiger partial charge on any atom is 0.271 e. The fourth-order valence-corrected chi connectivity index (χ4v) is 3.42. The Kier molecular flexibility index (Phi) is 5.89. The Morgan fingerprint density at radius 3 is 2.39 bits per heavy atom. The van der Waals surface area contributed by atoms with Gasteiger partial charge in [-0.15, -0.1) is 0 Å². The van der Waals surface area contributed by atoms with Gasteiger partial charge in [-0.1, -0.05) is 48.5 Å². The van der Waals surface area contributed by atoms with Crippen molar-refractivity contribution in [3.8, 4) is 0 Å². The molecule has 2 N–H and O–H groups in total. The minimum absolute atomic E-state index is 0.159. The Morgan fingerprint density at radius 1 is 0.935 bits per heavy atom. The number of nitrogens with zero attached hydrogens (tertiary/aromatic N) is 2. The third kappa shape index (κ3) is 4.87. The molecule has 1 heterocycles. The number of fused-ring (bicyclic) bond motifs is 1. The van der Waals surface area contributed by atoms with Crippen LogP contribution >= 0.6 is 0 Å². The molecule has 154 valence electrons. The SMILES string of the molecule is CC(=O)Nc1ccc(C(=O)N/N=C\c2cn(Cc3ccccc3)c3ccccc23)cc1. The topological polar surface area (TPSA) is 75.5 Å². The standard InChI is InChI=1S/C25H22N4O2/c1-18(30)27-22-13-11-20(12-14-22)25(31)28-26-15-21-17-29(16-19-7-3-2-4-8-19)24-10-6-5-9-23(21)24/h2-15,17H,16H2,1H3,(H,27,30)(H,28,31)/b26-15-. The molecule has 0 spiro atoms. The van der Waals surface area contributed by atoms with E-state index in [1.807, 2.05) is 42.6 Å². The quantitative estimate of drug-likeness (QED) is 0.365. The molecule has 6 nitrogen and oxygen atoms in total. The summed E-state index contributed by atoms with van der Waals surface area (Å²) in [4.78, 5) is 23.5. The number of nitrogens with one attached hydrogen (secondary N) is 2. The summed E-state index contributed by atoms with van der Waals surface area (Å²) in [6, 6.07) is 25.0. The summed E-state index contributed by atoms with van der Waals surface area (Å²) >= 11 is 0. The molecule has 3 aromatic carbocycles. The third-order valence-electron chi connectivity index (χ3n) is 4.85. The summed E-state index contributed by atoms with van der Waals surface area (Å²) < 4.78 is 2.18. The molecule has 0 fully saturated rings. The molecule has 0 saturated heterocycles. The molecule has 0 aliphatic rings. The van der Waals surface area contributed by atoms with Crippen molar-refractivity contribution >= 4 is 34.6 Å². The van der Waals surface area contributed by atoms with E-state index in [0.29, 0.717) is 11.3 Å². The number of aromatic nitrogens is 1. The maximum absolute atomic E-state index is 12.4. The van der Waals surface area contributed by atoms with Gasteiger partial charge in [-0.25, -0.2) is 5.43 Å².